The van der Waals surface area contributed by atoms with Crippen LogP contribution in [0.4, 0.5) is 16.3 Å². The highest BCUT2D eigenvalue weighted by molar-refractivity contribution is 8.67. The molecule has 1 aliphatic heterocycles. The van der Waals surface area contributed by atoms with E-state index < -0.39 is 28.6 Å². The lowest BCUT2D eigenvalue weighted by Crippen LogP contribution is -2.38. The monoisotopic (exact) mass is 484 g/mol. The maximum atomic E-state index is 12.8. The van der Waals surface area contributed by atoms with Crippen LogP contribution in [0.1, 0.15) is 19.5 Å². The van der Waals surface area contributed by atoms with E-state index in [-0.39, 0.29) is 11.5 Å². The van der Waals surface area contributed by atoms with E-state index >= 15 is 0 Å². The number of ether oxygens (including phenoxy) is 1. The van der Waals surface area contributed by atoms with Gasteiger partial charge in [0.15, 0.2) is 5.82 Å². The SMILES string of the molecule is CC(C)(c1cc(N2CCOCC2)nc(-c2ccc(NC(=O)O)cc2)n1)S(=O)(=O)S(C)(=O)=O. The molecule has 3 rings (SSSR count). The number of benzene rings is 1. The third-order valence-electron chi connectivity index (χ3n) is 5.08. The van der Waals surface area contributed by atoms with Crippen molar-refractivity contribution in [3.05, 3.63) is 36.0 Å². The number of rotatable bonds is 6. The third kappa shape index (κ3) is 4.69. The Balaban J connectivity index is 2.15. The van der Waals surface area contributed by atoms with Crippen molar-refractivity contribution in [3.63, 3.8) is 0 Å². The van der Waals surface area contributed by atoms with E-state index in [9.17, 15) is 21.6 Å². The minimum atomic E-state index is -4.63. The van der Waals surface area contributed by atoms with Gasteiger partial charge in [0.25, 0.3) is 17.7 Å². The molecule has 1 fully saturated rings. The second-order valence-electron chi connectivity index (χ2n) is 7.71. The van der Waals surface area contributed by atoms with E-state index in [0.717, 1.165) is 0 Å². The molecule has 0 unspecified atom stereocenters. The number of carboxylic acid groups (broad SMARTS) is 1. The second kappa shape index (κ2) is 8.64. The van der Waals surface area contributed by atoms with Gasteiger partial charge in [-0.3, -0.25) is 5.32 Å². The Morgan fingerprint density at radius 2 is 1.69 bits per heavy atom. The number of hydrogen-bond acceptors (Lipinski definition) is 9. The van der Waals surface area contributed by atoms with Crippen LogP contribution in [0.2, 0.25) is 0 Å². The molecule has 32 heavy (non-hydrogen) atoms. The molecule has 0 radical (unpaired) electrons. The van der Waals surface area contributed by atoms with E-state index in [1.807, 2.05) is 4.90 Å². The largest absolute Gasteiger partial charge is 0.465 e. The normalized spacial score (nSPS) is 15.4. The maximum Gasteiger partial charge on any atom is 0.409 e. The highest BCUT2D eigenvalue weighted by Crippen LogP contribution is 2.35. The first-order chi connectivity index (χ1) is 14.8. The minimum absolute atomic E-state index is 0.0298. The van der Waals surface area contributed by atoms with Gasteiger partial charge in [-0.25, -0.2) is 31.6 Å². The molecule has 0 spiro atoms. The number of anilines is 2. The Kier molecular flexibility index (Phi) is 6.45. The summed E-state index contributed by atoms with van der Waals surface area (Å²) in [4.78, 5) is 21.7. The maximum absolute atomic E-state index is 12.8. The average molecular weight is 485 g/mol. The molecule has 1 saturated heterocycles. The average Bonchev–Trinajstić information content (AvgIpc) is 2.73. The summed E-state index contributed by atoms with van der Waals surface area (Å²) in [5, 5.41) is 11.1. The zero-order valence-electron chi connectivity index (χ0n) is 17.8. The standard InChI is InChI=1S/C19H24N4O7S2/c1-19(2,32(28,29)31(3,26)27)15-12-16(23-8-10-30-11-9-23)22-17(21-15)13-4-6-14(7-5-13)20-18(24)25/h4-7,12,20H,8-11H2,1-3H3,(H,24,25). The summed E-state index contributed by atoms with van der Waals surface area (Å²) in [6.45, 7) is 4.56. The summed E-state index contributed by atoms with van der Waals surface area (Å²) in [5.74, 6) is 0.625. The molecule has 174 valence electrons. The summed E-state index contributed by atoms with van der Waals surface area (Å²) < 4.78 is 53.2. The van der Waals surface area contributed by atoms with Gasteiger partial charge < -0.3 is 14.7 Å². The van der Waals surface area contributed by atoms with Crippen LogP contribution in [-0.4, -0.2) is 70.6 Å². The second-order valence-corrected chi connectivity index (χ2v) is 14.2. The van der Waals surface area contributed by atoms with Crippen LogP contribution in [0, 0.1) is 0 Å². The lowest BCUT2D eigenvalue weighted by molar-refractivity contribution is 0.122. The van der Waals surface area contributed by atoms with Gasteiger partial charge in [-0.1, -0.05) is 0 Å². The van der Waals surface area contributed by atoms with Crippen molar-refractivity contribution < 1.29 is 31.5 Å². The molecule has 2 aromatic rings. The number of hydrogen-bond donors (Lipinski definition) is 2. The van der Waals surface area contributed by atoms with Crippen molar-refractivity contribution >= 4 is 35.3 Å². The molecule has 13 heteroatoms. The van der Waals surface area contributed by atoms with Gasteiger partial charge >= 0.3 is 6.09 Å². The van der Waals surface area contributed by atoms with Crippen molar-refractivity contribution in [1.82, 2.24) is 9.97 Å². The number of amides is 1. The molecule has 0 aliphatic carbocycles. The van der Waals surface area contributed by atoms with E-state index in [4.69, 9.17) is 9.84 Å². The van der Waals surface area contributed by atoms with Gasteiger partial charge in [-0.05, 0) is 38.1 Å². The number of carbonyl (C=O) groups is 1. The van der Waals surface area contributed by atoms with Crippen LogP contribution in [-0.2, 0) is 27.2 Å². The van der Waals surface area contributed by atoms with Gasteiger partial charge in [0.1, 0.15) is 10.6 Å². The molecule has 0 saturated carbocycles. The summed E-state index contributed by atoms with van der Waals surface area (Å²) >= 11 is 0. The number of morpholine rings is 1. The van der Waals surface area contributed by atoms with Crippen molar-refractivity contribution in [3.8, 4) is 11.4 Å². The fourth-order valence-electron chi connectivity index (χ4n) is 3.16. The summed E-state index contributed by atoms with van der Waals surface area (Å²) in [5.41, 5.74) is 0.873. The molecule has 1 aromatic carbocycles. The highest BCUT2D eigenvalue weighted by Gasteiger charge is 2.45. The lowest BCUT2D eigenvalue weighted by atomic mass is 10.1. The number of aromatic nitrogens is 2. The molecular weight excluding hydrogens is 460 g/mol. The Bertz CT molecular complexity index is 1220. The molecule has 0 bridgehead atoms. The smallest absolute Gasteiger partial charge is 0.409 e. The number of nitrogens with zero attached hydrogens (tertiary/aromatic N) is 3. The Labute approximate surface area is 185 Å². The zero-order chi connectivity index (χ0) is 23.7. The quantitative estimate of drug-likeness (QED) is 0.578. The van der Waals surface area contributed by atoms with Gasteiger partial charge in [0.2, 0.25) is 0 Å². The molecule has 11 nitrogen and oxygen atoms in total. The van der Waals surface area contributed by atoms with Gasteiger partial charge in [-0.2, -0.15) is 0 Å². The first-order valence-corrected chi connectivity index (χ1v) is 13.5. The first kappa shape index (κ1) is 23.9. The molecule has 1 aromatic heterocycles. The Hall–Kier alpha value is -2.77. The molecule has 2 heterocycles. The molecule has 0 atom stereocenters. The van der Waals surface area contributed by atoms with Gasteiger partial charge in [-0.15, -0.1) is 0 Å². The van der Waals surface area contributed by atoms with Crippen molar-refractivity contribution in [2.75, 3.05) is 42.8 Å². The van der Waals surface area contributed by atoms with Gasteiger partial charge in [0, 0.05) is 30.4 Å². The van der Waals surface area contributed by atoms with Gasteiger partial charge in [0.05, 0.1) is 25.2 Å². The van der Waals surface area contributed by atoms with Crippen LogP contribution in [0.15, 0.2) is 30.3 Å². The van der Waals surface area contributed by atoms with E-state index in [1.165, 1.54) is 32.0 Å². The van der Waals surface area contributed by atoms with Crippen LogP contribution < -0.4 is 10.2 Å². The van der Waals surface area contributed by atoms with Crippen LogP contribution in [0.25, 0.3) is 11.4 Å². The predicted octanol–water partition coefficient (Wildman–Crippen LogP) is 1.68. The molecular formula is C19H24N4O7S2. The summed E-state index contributed by atoms with van der Waals surface area (Å²) in [6.07, 6.45) is -0.554. The predicted molar refractivity (Wildman–Crippen MR) is 119 cm³/mol. The molecule has 1 aliphatic rings. The zero-order valence-corrected chi connectivity index (χ0v) is 19.4. The van der Waals surface area contributed by atoms with E-state index in [1.54, 1.807) is 12.1 Å². The van der Waals surface area contributed by atoms with E-state index in [2.05, 4.69) is 15.3 Å². The molecule has 1 amide bonds. The lowest BCUT2D eigenvalue weighted by Gasteiger charge is -2.30. The topological polar surface area (TPSA) is 156 Å². The van der Waals surface area contributed by atoms with Crippen LogP contribution in [0.5, 0.6) is 0 Å². The van der Waals surface area contributed by atoms with Crippen molar-refractivity contribution in [2.45, 2.75) is 18.6 Å². The molecule has 2 N–H and O–H groups in total. The fourth-order valence-corrected chi connectivity index (χ4v) is 6.80. The summed E-state index contributed by atoms with van der Waals surface area (Å²) in [6, 6.07) is 7.70. The fraction of sp³-hybridized carbons (Fsp3) is 0.421. The first-order valence-electron chi connectivity index (χ1n) is 9.60. The third-order valence-corrected chi connectivity index (χ3v) is 11.0. The Morgan fingerprint density at radius 3 is 2.22 bits per heavy atom. The van der Waals surface area contributed by atoms with Crippen LogP contribution >= 0.6 is 0 Å². The van der Waals surface area contributed by atoms with Crippen LogP contribution in [0.3, 0.4) is 0 Å². The Morgan fingerprint density at radius 1 is 1.09 bits per heavy atom. The van der Waals surface area contributed by atoms with Crippen molar-refractivity contribution in [2.24, 2.45) is 0 Å². The minimum Gasteiger partial charge on any atom is -0.465 e. The summed E-state index contributed by atoms with van der Waals surface area (Å²) in [7, 11) is -9.06. The van der Waals surface area contributed by atoms with E-state index in [0.29, 0.717) is 49.6 Å². The number of nitrogens with one attached hydrogen (secondary N) is 1. The van der Waals surface area contributed by atoms with Crippen molar-refractivity contribution in [1.29, 1.82) is 0 Å². The highest BCUT2D eigenvalue weighted by atomic mass is 33.2.